The summed E-state index contributed by atoms with van der Waals surface area (Å²) < 4.78 is 39.7. The van der Waals surface area contributed by atoms with Crippen molar-refractivity contribution >= 4 is 27.3 Å². The Kier molecular flexibility index (Phi) is 5.25. The van der Waals surface area contributed by atoms with Crippen LogP contribution < -0.4 is 19.1 Å². The number of benzene rings is 2. The molecule has 2 aromatic rings. The first kappa shape index (κ1) is 21.0. The van der Waals surface area contributed by atoms with Gasteiger partial charge in [-0.15, -0.1) is 0 Å². The maximum Gasteiger partial charge on any atom is 0.265 e. The van der Waals surface area contributed by atoms with E-state index < -0.39 is 15.4 Å². The van der Waals surface area contributed by atoms with Crippen LogP contribution in [0.2, 0.25) is 0 Å². The minimum absolute atomic E-state index is 0.0554. The van der Waals surface area contributed by atoms with E-state index in [9.17, 15) is 13.2 Å². The van der Waals surface area contributed by atoms with Gasteiger partial charge in [0, 0.05) is 7.05 Å². The van der Waals surface area contributed by atoms with Gasteiger partial charge in [-0.1, -0.05) is 0 Å². The van der Waals surface area contributed by atoms with Gasteiger partial charge in [-0.3, -0.25) is 9.52 Å². The van der Waals surface area contributed by atoms with Crippen molar-refractivity contribution in [3.63, 3.8) is 0 Å². The molecule has 8 heteroatoms. The molecule has 1 aliphatic heterocycles. The SMILES string of the molecule is COc1cc(C)c(C)cc1S(=O)(=O)Nc1ccc2c(c1)N(C)C(=O)C(C)(C)CO2. The second kappa shape index (κ2) is 7.26. The fraction of sp³-hybridized carbons (Fsp3) is 0.381. The summed E-state index contributed by atoms with van der Waals surface area (Å²) in [5.74, 6) is 0.693. The summed E-state index contributed by atoms with van der Waals surface area (Å²) in [5, 5.41) is 0. The lowest BCUT2D eigenvalue weighted by Gasteiger charge is -2.24. The van der Waals surface area contributed by atoms with E-state index in [0.29, 0.717) is 17.1 Å². The van der Waals surface area contributed by atoms with E-state index in [1.54, 1.807) is 37.4 Å². The number of fused-ring (bicyclic) bond motifs is 1. The molecule has 0 fully saturated rings. The Bertz CT molecular complexity index is 1080. The van der Waals surface area contributed by atoms with Crippen LogP contribution in [0.15, 0.2) is 35.2 Å². The summed E-state index contributed by atoms with van der Waals surface area (Å²) in [6.45, 7) is 7.60. The number of nitrogens with zero attached hydrogens (tertiary/aromatic N) is 1. The first-order valence-electron chi connectivity index (χ1n) is 9.19. The highest BCUT2D eigenvalue weighted by molar-refractivity contribution is 7.92. The number of methoxy groups -OCH3 is 1. The lowest BCUT2D eigenvalue weighted by Crippen LogP contribution is -2.39. The van der Waals surface area contributed by atoms with Crippen LogP contribution in [0.25, 0.3) is 0 Å². The molecule has 0 spiro atoms. The Labute approximate surface area is 171 Å². The molecule has 3 rings (SSSR count). The summed E-state index contributed by atoms with van der Waals surface area (Å²) in [5.41, 5.74) is 1.93. The molecule has 0 bridgehead atoms. The minimum atomic E-state index is -3.90. The zero-order valence-corrected chi connectivity index (χ0v) is 18.3. The highest BCUT2D eigenvalue weighted by Crippen LogP contribution is 2.38. The molecular formula is C21H26N2O5S. The molecule has 1 aliphatic rings. The summed E-state index contributed by atoms with van der Waals surface area (Å²) in [6.07, 6.45) is 0. The van der Waals surface area contributed by atoms with Crippen LogP contribution in [0, 0.1) is 19.3 Å². The molecule has 0 aliphatic carbocycles. The van der Waals surface area contributed by atoms with Crippen molar-refractivity contribution in [3.8, 4) is 11.5 Å². The number of carbonyl (C=O) groups excluding carboxylic acids is 1. The molecule has 156 valence electrons. The van der Waals surface area contributed by atoms with Crippen molar-refractivity contribution < 1.29 is 22.7 Å². The molecule has 1 amide bonds. The lowest BCUT2D eigenvalue weighted by atomic mass is 9.93. The first-order valence-corrected chi connectivity index (χ1v) is 10.7. The number of sulfonamides is 1. The second-order valence-electron chi connectivity index (χ2n) is 7.91. The maximum atomic E-state index is 13.0. The van der Waals surface area contributed by atoms with E-state index in [2.05, 4.69) is 4.72 Å². The number of aryl methyl sites for hydroxylation is 2. The quantitative estimate of drug-likeness (QED) is 0.822. The molecule has 0 aromatic heterocycles. The smallest absolute Gasteiger partial charge is 0.265 e. The van der Waals surface area contributed by atoms with Gasteiger partial charge in [0.05, 0.1) is 23.9 Å². The van der Waals surface area contributed by atoms with Gasteiger partial charge >= 0.3 is 0 Å². The third-order valence-corrected chi connectivity index (χ3v) is 6.52. The average molecular weight is 419 g/mol. The predicted octanol–water partition coefficient (Wildman–Crippen LogP) is 3.49. The monoisotopic (exact) mass is 418 g/mol. The minimum Gasteiger partial charge on any atom is -0.495 e. The Hall–Kier alpha value is -2.74. The predicted molar refractivity (Wildman–Crippen MR) is 112 cm³/mol. The Balaban J connectivity index is 2.00. The van der Waals surface area contributed by atoms with Crippen LogP contribution >= 0.6 is 0 Å². The van der Waals surface area contributed by atoms with E-state index in [1.807, 2.05) is 27.7 Å². The number of amides is 1. The zero-order chi connectivity index (χ0) is 21.6. The maximum absolute atomic E-state index is 13.0. The highest BCUT2D eigenvalue weighted by Gasteiger charge is 2.36. The molecule has 2 aromatic carbocycles. The number of anilines is 2. The van der Waals surface area contributed by atoms with Crippen molar-refractivity contribution in [1.29, 1.82) is 0 Å². The summed E-state index contributed by atoms with van der Waals surface area (Å²) >= 11 is 0. The van der Waals surface area contributed by atoms with Gasteiger partial charge in [-0.2, -0.15) is 0 Å². The van der Waals surface area contributed by atoms with E-state index in [-0.39, 0.29) is 23.2 Å². The van der Waals surface area contributed by atoms with E-state index in [0.717, 1.165) is 11.1 Å². The molecule has 1 heterocycles. The van der Waals surface area contributed by atoms with E-state index >= 15 is 0 Å². The Morgan fingerprint density at radius 3 is 2.45 bits per heavy atom. The van der Waals surface area contributed by atoms with Gasteiger partial charge in [0.25, 0.3) is 10.0 Å². The van der Waals surface area contributed by atoms with Crippen LogP contribution in [-0.2, 0) is 14.8 Å². The zero-order valence-electron chi connectivity index (χ0n) is 17.5. The Morgan fingerprint density at radius 2 is 1.79 bits per heavy atom. The first-order chi connectivity index (χ1) is 13.5. The van der Waals surface area contributed by atoms with Crippen molar-refractivity contribution in [1.82, 2.24) is 0 Å². The van der Waals surface area contributed by atoms with Crippen molar-refractivity contribution in [3.05, 3.63) is 41.5 Å². The number of hydrogen-bond acceptors (Lipinski definition) is 5. The third kappa shape index (κ3) is 3.89. The molecule has 0 unspecified atom stereocenters. The third-order valence-electron chi connectivity index (χ3n) is 5.11. The van der Waals surface area contributed by atoms with Crippen molar-refractivity contribution in [2.75, 3.05) is 30.4 Å². The van der Waals surface area contributed by atoms with Gasteiger partial charge in [-0.05, 0) is 69.2 Å². The van der Waals surface area contributed by atoms with Gasteiger partial charge in [-0.25, -0.2) is 8.42 Å². The van der Waals surface area contributed by atoms with E-state index in [1.165, 1.54) is 12.0 Å². The fourth-order valence-electron chi connectivity index (χ4n) is 3.19. The van der Waals surface area contributed by atoms with Crippen LogP contribution in [-0.4, -0.2) is 35.1 Å². The topological polar surface area (TPSA) is 84.9 Å². The molecule has 0 saturated heterocycles. The number of hydrogen-bond donors (Lipinski definition) is 1. The van der Waals surface area contributed by atoms with Crippen molar-refractivity contribution in [2.45, 2.75) is 32.6 Å². The van der Waals surface area contributed by atoms with Crippen LogP contribution in [0.3, 0.4) is 0 Å². The second-order valence-corrected chi connectivity index (χ2v) is 9.56. The molecular weight excluding hydrogens is 392 g/mol. The summed E-state index contributed by atoms with van der Waals surface area (Å²) in [4.78, 5) is 14.2. The van der Waals surface area contributed by atoms with Crippen LogP contribution in [0.1, 0.15) is 25.0 Å². The molecule has 0 saturated carbocycles. The van der Waals surface area contributed by atoms with Crippen LogP contribution in [0.5, 0.6) is 11.5 Å². The average Bonchev–Trinajstić information content (AvgIpc) is 2.74. The van der Waals surface area contributed by atoms with Gasteiger partial charge in [0.2, 0.25) is 5.91 Å². The highest BCUT2D eigenvalue weighted by atomic mass is 32.2. The van der Waals surface area contributed by atoms with Gasteiger partial charge in [0.1, 0.15) is 23.0 Å². The summed E-state index contributed by atoms with van der Waals surface area (Å²) in [6, 6.07) is 8.15. The molecule has 29 heavy (non-hydrogen) atoms. The largest absolute Gasteiger partial charge is 0.495 e. The van der Waals surface area contributed by atoms with E-state index in [4.69, 9.17) is 9.47 Å². The van der Waals surface area contributed by atoms with Gasteiger partial charge in [0.15, 0.2) is 0 Å². The van der Waals surface area contributed by atoms with Crippen molar-refractivity contribution in [2.24, 2.45) is 5.41 Å². The number of nitrogens with one attached hydrogen (secondary N) is 1. The molecule has 1 N–H and O–H groups in total. The lowest BCUT2D eigenvalue weighted by molar-refractivity contribution is -0.127. The standard InChI is InChI=1S/C21H26N2O5S/c1-13-9-18(27-6)19(10-14(13)2)29(25,26)22-15-7-8-17-16(11-15)23(5)20(24)21(3,4)12-28-17/h7-11,22H,12H2,1-6H3. The molecule has 7 nitrogen and oxygen atoms in total. The Morgan fingerprint density at radius 1 is 1.14 bits per heavy atom. The van der Waals surface area contributed by atoms with Gasteiger partial charge < -0.3 is 14.4 Å². The number of carbonyl (C=O) groups is 1. The molecule has 0 atom stereocenters. The number of rotatable bonds is 4. The number of ether oxygens (including phenoxy) is 2. The molecule has 0 radical (unpaired) electrons. The normalized spacial score (nSPS) is 15.9. The fourth-order valence-corrected chi connectivity index (χ4v) is 4.48. The van der Waals surface area contributed by atoms with Crippen LogP contribution in [0.4, 0.5) is 11.4 Å². The summed E-state index contributed by atoms with van der Waals surface area (Å²) in [7, 11) is -0.813.